The van der Waals surface area contributed by atoms with Gasteiger partial charge in [-0.25, -0.2) is 0 Å². The SMILES string of the molecule is O=C(c1ccc(CN2CCCC2)cc1)c1ccccc1C(F)(F)F. The fraction of sp³-hybridized carbons (Fsp3) is 0.316. The second-order valence-electron chi connectivity index (χ2n) is 6.05. The fourth-order valence-corrected chi connectivity index (χ4v) is 3.04. The quantitative estimate of drug-likeness (QED) is 0.766. The summed E-state index contributed by atoms with van der Waals surface area (Å²) in [7, 11) is 0. The molecule has 3 rings (SSSR count). The Labute approximate surface area is 138 Å². The molecule has 1 fully saturated rings. The number of benzene rings is 2. The Bertz CT molecular complexity index is 716. The molecule has 0 radical (unpaired) electrons. The van der Waals surface area contributed by atoms with Crippen LogP contribution in [0.4, 0.5) is 13.2 Å². The largest absolute Gasteiger partial charge is 0.417 e. The zero-order valence-electron chi connectivity index (χ0n) is 13.1. The lowest BCUT2D eigenvalue weighted by atomic mass is 9.97. The van der Waals surface area contributed by atoms with Crippen LogP contribution in [0.5, 0.6) is 0 Å². The van der Waals surface area contributed by atoms with Crippen molar-refractivity contribution in [2.75, 3.05) is 13.1 Å². The zero-order chi connectivity index (χ0) is 17.2. The third-order valence-corrected chi connectivity index (χ3v) is 4.30. The Morgan fingerprint density at radius 3 is 2.21 bits per heavy atom. The summed E-state index contributed by atoms with van der Waals surface area (Å²) in [5.74, 6) is -0.601. The highest BCUT2D eigenvalue weighted by Gasteiger charge is 2.34. The van der Waals surface area contributed by atoms with Crippen LogP contribution >= 0.6 is 0 Å². The number of ketones is 1. The van der Waals surface area contributed by atoms with Crippen LogP contribution in [0.25, 0.3) is 0 Å². The molecular weight excluding hydrogens is 315 g/mol. The molecule has 0 bridgehead atoms. The van der Waals surface area contributed by atoms with Crippen LogP contribution in [0.3, 0.4) is 0 Å². The van der Waals surface area contributed by atoms with Gasteiger partial charge in [-0.1, -0.05) is 42.5 Å². The van der Waals surface area contributed by atoms with Gasteiger partial charge in [-0.3, -0.25) is 9.69 Å². The smallest absolute Gasteiger partial charge is 0.299 e. The van der Waals surface area contributed by atoms with Crippen molar-refractivity contribution in [3.63, 3.8) is 0 Å². The molecule has 0 spiro atoms. The van der Waals surface area contributed by atoms with Gasteiger partial charge in [-0.15, -0.1) is 0 Å². The molecule has 1 aliphatic heterocycles. The van der Waals surface area contributed by atoms with E-state index in [9.17, 15) is 18.0 Å². The maximum absolute atomic E-state index is 13.1. The van der Waals surface area contributed by atoms with Gasteiger partial charge in [-0.05, 0) is 37.6 Å². The second kappa shape index (κ2) is 6.77. The predicted molar refractivity (Wildman–Crippen MR) is 85.8 cm³/mol. The first kappa shape index (κ1) is 16.7. The van der Waals surface area contributed by atoms with Gasteiger partial charge in [0, 0.05) is 17.7 Å². The first-order valence-electron chi connectivity index (χ1n) is 7.97. The molecule has 1 aliphatic rings. The van der Waals surface area contributed by atoms with Crippen LogP contribution in [0.15, 0.2) is 48.5 Å². The average molecular weight is 333 g/mol. The lowest BCUT2D eigenvalue weighted by molar-refractivity contribution is -0.137. The van der Waals surface area contributed by atoms with E-state index in [1.807, 2.05) is 12.1 Å². The van der Waals surface area contributed by atoms with Gasteiger partial charge in [-0.2, -0.15) is 13.2 Å². The van der Waals surface area contributed by atoms with Crippen LogP contribution < -0.4 is 0 Å². The molecule has 0 amide bonds. The minimum Gasteiger partial charge on any atom is -0.299 e. The number of halogens is 3. The molecule has 0 N–H and O–H groups in total. The van der Waals surface area contributed by atoms with Gasteiger partial charge in [0.2, 0.25) is 0 Å². The number of hydrogen-bond donors (Lipinski definition) is 0. The lowest BCUT2D eigenvalue weighted by Crippen LogP contribution is -2.18. The molecule has 2 aromatic rings. The van der Waals surface area contributed by atoms with Gasteiger partial charge >= 0.3 is 6.18 Å². The number of carbonyl (C=O) groups is 1. The molecule has 1 heterocycles. The molecule has 0 unspecified atom stereocenters. The molecular formula is C19H18F3NO. The Morgan fingerprint density at radius 1 is 0.958 bits per heavy atom. The molecule has 2 nitrogen and oxygen atoms in total. The normalized spacial score (nSPS) is 15.6. The van der Waals surface area contributed by atoms with Gasteiger partial charge < -0.3 is 0 Å². The van der Waals surface area contributed by atoms with Crippen LogP contribution in [-0.4, -0.2) is 23.8 Å². The highest BCUT2D eigenvalue weighted by atomic mass is 19.4. The van der Waals surface area contributed by atoms with E-state index in [4.69, 9.17) is 0 Å². The van der Waals surface area contributed by atoms with E-state index in [-0.39, 0.29) is 11.1 Å². The maximum Gasteiger partial charge on any atom is 0.417 e. The Balaban J connectivity index is 1.80. The maximum atomic E-state index is 13.1. The number of hydrogen-bond acceptors (Lipinski definition) is 2. The summed E-state index contributed by atoms with van der Waals surface area (Å²) in [5.41, 5.74) is 0.142. The van der Waals surface area contributed by atoms with E-state index >= 15 is 0 Å². The van der Waals surface area contributed by atoms with Crippen LogP contribution in [-0.2, 0) is 12.7 Å². The third-order valence-electron chi connectivity index (χ3n) is 4.30. The van der Waals surface area contributed by atoms with E-state index in [2.05, 4.69) is 4.90 Å². The minimum atomic E-state index is -4.54. The van der Waals surface area contributed by atoms with Crippen molar-refractivity contribution in [2.24, 2.45) is 0 Å². The fourth-order valence-electron chi connectivity index (χ4n) is 3.04. The van der Waals surface area contributed by atoms with Gasteiger partial charge in [0.05, 0.1) is 5.56 Å². The summed E-state index contributed by atoms with van der Waals surface area (Å²) < 4.78 is 39.2. The van der Waals surface area contributed by atoms with Crippen LogP contribution in [0.2, 0.25) is 0 Å². The molecule has 2 aromatic carbocycles. The number of alkyl halides is 3. The molecule has 0 aromatic heterocycles. The van der Waals surface area contributed by atoms with Crippen molar-refractivity contribution in [2.45, 2.75) is 25.6 Å². The summed E-state index contributed by atoms with van der Waals surface area (Å²) in [6.07, 6.45) is -2.14. The third kappa shape index (κ3) is 3.67. The van der Waals surface area contributed by atoms with Crippen molar-refractivity contribution in [3.8, 4) is 0 Å². The summed E-state index contributed by atoms with van der Waals surface area (Å²) in [6.45, 7) is 2.95. The average Bonchev–Trinajstić information content (AvgIpc) is 3.07. The van der Waals surface area contributed by atoms with Crippen molar-refractivity contribution < 1.29 is 18.0 Å². The van der Waals surface area contributed by atoms with Crippen molar-refractivity contribution >= 4 is 5.78 Å². The molecule has 1 saturated heterocycles. The molecule has 0 aliphatic carbocycles. The second-order valence-corrected chi connectivity index (χ2v) is 6.05. The minimum absolute atomic E-state index is 0.275. The van der Waals surface area contributed by atoms with Crippen molar-refractivity contribution in [3.05, 3.63) is 70.8 Å². The monoisotopic (exact) mass is 333 g/mol. The Hall–Kier alpha value is -2.14. The molecule has 24 heavy (non-hydrogen) atoms. The summed E-state index contributed by atoms with van der Waals surface area (Å²) in [6, 6.07) is 11.8. The van der Waals surface area contributed by atoms with E-state index in [0.717, 1.165) is 31.3 Å². The summed E-state index contributed by atoms with van der Waals surface area (Å²) in [4.78, 5) is 14.8. The first-order valence-corrected chi connectivity index (χ1v) is 7.97. The predicted octanol–water partition coefficient (Wildman–Crippen LogP) is 4.53. The number of carbonyl (C=O) groups excluding carboxylic acids is 1. The van der Waals surface area contributed by atoms with Gasteiger partial charge in [0.1, 0.15) is 0 Å². The summed E-state index contributed by atoms with van der Waals surface area (Å²) in [5, 5.41) is 0. The van der Waals surface area contributed by atoms with E-state index < -0.39 is 17.5 Å². The van der Waals surface area contributed by atoms with E-state index in [1.165, 1.54) is 31.0 Å². The first-order chi connectivity index (χ1) is 11.4. The summed E-state index contributed by atoms with van der Waals surface area (Å²) >= 11 is 0. The molecule has 0 atom stereocenters. The van der Waals surface area contributed by atoms with Crippen LogP contribution in [0.1, 0.15) is 39.9 Å². The highest BCUT2D eigenvalue weighted by Crippen LogP contribution is 2.32. The Kier molecular flexibility index (Phi) is 4.71. The molecule has 5 heteroatoms. The number of rotatable bonds is 4. The van der Waals surface area contributed by atoms with E-state index in [1.54, 1.807) is 12.1 Å². The van der Waals surface area contributed by atoms with E-state index in [0.29, 0.717) is 0 Å². The molecule has 126 valence electrons. The van der Waals surface area contributed by atoms with Crippen molar-refractivity contribution in [1.29, 1.82) is 0 Å². The van der Waals surface area contributed by atoms with Crippen LogP contribution in [0, 0.1) is 0 Å². The molecule has 0 saturated carbocycles. The van der Waals surface area contributed by atoms with Crippen molar-refractivity contribution in [1.82, 2.24) is 4.90 Å². The topological polar surface area (TPSA) is 20.3 Å². The van der Waals surface area contributed by atoms with Gasteiger partial charge in [0.15, 0.2) is 5.78 Å². The zero-order valence-corrected chi connectivity index (χ0v) is 13.1. The Morgan fingerprint density at radius 2 is 1.58 bits per heavy atom. The standard InChI is InChI=1S/C19H18F3NO/c20-19(21,22)17-6-2-1-5-16(17)18(24)15-9-7-14(8-10-15)13-23-11-3-4-12-23/h1-2,5-10H,3-4,11-13H2. The number of likely N-dealkylation sites (tertiary alicyclic amines) is 1. The highest BCUT2D eigenvalue weighted by molar-refractivity contribution is 6.10. The number of nitrogens with zero attached hydrogens (tertiary/aromatic N) is 1. The lowest BCUT2D eigenvalue weighted by Gasteiger charge is -2.15. The van der Waals surface area contributed by atoms with Gasteiger partial charge in [0.25, 0.3) is 0 Å².